The van der Waals surface area contributed by atoms with Crippen LogP contribution >= 0.6 is 0 Å². The second-order valence-corrected chi connectivity index (χ2v) is 6.61. The minimum Gasteiger partial charge on any atom is -0.446 e. The Labute approximate surface area is 83.9 Å². The van der Waals surface area contributed by atoms with Gasteiger partial charge in [0.05, 0.1) is 13.2 Å². The van der Waals surface area contributed by atoms with Gasteiger partial charge in [-0.15, -0.1) is 0 Å². The molecule has 0 aromatic heterocycles. The zero-order chi connectivity index (χ0) is 9.36. The van der Waals surface area contributed by atoms with Gasteiger partial charge in [-0.3, -0.25) is 0 Å². The fourth-order valence-electron chi connectivity index (χ4n) is 0.930. The molecule has 1 atom stereocenters. The van der Waals surface area contributed by atoms with E-state index in [1.807, 2.05) is 0 Å². The van der Waals surface area contributed by atoms with Gasteiger partial charge in [0.15, 0.2) is 0 Å². The zero-order valence-electron chi connectivity index (χ0n) is 8.16. The largest absolute Gasteiger partial charge is 0.446 e. The third kappa shape index (κ3) is 7.35. The minimum absolute atomic E-state index is 0.306. The van der Waals surface area contributed by atoms with Gasteiger partial charge in [0.1, 0.15) is 15.9 Å². The van der Waals surface area contributed by atoms with E-state index in [4.69, 9.17) is 18.0 Å². The summed E-state index contributed by atoms with van der Waals surface area (Å²) in [5.74, 6) is 0. The molecule has 1 aliphatic heterocycles. The molecule has 6 heteroatoms. The van der Waals surface area contributed by atoms with Crippen molar-refractivity contribution in [1.82, 2.24) is 0 Å². The topological polar surface area (TPSA) is 40.2 Å². The Balaban J connectivity index is 1.63. The van der Waals surface area contributed by atoms with E-state index in [0.29, 0.717) is 6.10 Å². The molecule has 0 N–H and O–H groups in total. The van der Waals surface area contributed by atoms with Crippen LogP contribution in [0.1, 0.15) is 6.42 Å². The number of rotatable bonds is 9. The summed E-state index contributed by atoms with van der Waals surface area (Å²) in [4.78, 5) is 0. The molecule has 0 spiro atoms. The summed E-state index contributed by atoms with van der Waals surface area (Å²) in [6.07, 6.45) is 1.52. The minimum atomic E-state index is -0.620. The maximum Gasteiger partial charge on any atom is 0.293 e. The lowest BCUT2D eigenvalue weighted by molar-refractivity contribution is 0.117. The van der Waals surface area contributed by atoms with Gasteiger partial charge >= 0.3 is 0 Å². The summed E-state index contributed by atoms with van der Waals surface area (Å²) < 4.78 is 20.7. The highest BCUT2D eigenvalue weighted by Crippen LogP contribution is 2.08. The van der Waals surface area contributed by atoms with Crippen molar-refractivity contribution in [2.45, 2.75) is 18.6 Å². The SMILES string of the molecule is CO[SiH2]O[SiH2]CCCOCC1CO1. The first-order chi connectivity index (χ1) is 6.43. The summed E-state index contributed by atoms with van der Waals surface area (Å²) in [5, 5.41) is 0. The van der Waals surface area contributed by atoms with Crippen LogP contribution in [0.3, 0.4) is 0 Å². The van der Waals surface area contributed by atoms with Crippen molar-refractivity contribution in [2.24, 2.45) is 0 Å². The standard InChI is InChI=1S/C7H18O4Si2/c1-8-13-11-12-4-2-3-9-5-7-6-10-7/h7H,2-6,12-13H2,1H3. The Morgan fingerprint density at radius 2 is 2.38 bits per heavy atom. The molecule has 1 heterocycles. The van der Waals surface area contributed by atoms with Crippen LogP contribution in [0.5, 0.6) is 0 Å². The lowest BCUT2D eigenvalue weighted by Gasteiger charge is -2.02. The van der Waals surface area contributed by atoms with Crippen molar-refractivity contribution in [2.75, 3.05) is 26.9 Å². The Hall–Kier alpha value is 0.274. The number of hydrogen-bond acceptors (Lipinski definition) is 4. The van der Waals surface area contributed by atoms with Crippen LogP contribution in [0, 0.1) is 0 Å². The highest BCUT2D eigenvalue weighted by Gasteiger charge is 2.21. The van der Waals surface area contributed by atoms with Crippen molar-refractivity contribution < 1.29 is 18.0 Å². The van der Waals surface area contributed by atoms with Crippen LogP contribution in [0.4, 0.5) is 0 Å². The Morgan fingerprint density at radius 3 is 3.08 bits per heavy atom. The van der Waals surface area contributed by atoms with Gasteiger partial charge in [0.2, 0.25) is 0 Å². The fraction of sp³-hybridized carbons (Fsp3) is 1.00. The first-order valence-corrected chi connectivity index (χ1v) is 7.42. The maximum absolute atomic E-state index is 5.40. The molecule has 0 radical (unpaired) electrons. The molecule has 0 amide bonds. The number of hydrogen-bond donors (Lipinski definition) is 0. The van der Waals surface area contributed by atoms with E-state index in [1.54, 1.807) is 7.11 Å². The third-order valence-electron chi connectivity index (χ3n) is 1.73. The lowest BCUT2D eigenvalue weighted by atomic mass is 10.5. The summed E-state index contributed by atoms with van der Waals surface area (Å²) in [5.41, 5.74) is 0. The molecule has 1 fully saturated rings. The van der Waals surface area contributed by atoms with Crippen LogP contribution < -0.4 is 0 Å². The van der Waals surface area contributed by atoms with Crippen molar-refractivity contribution in [3.63, 3.8) is 0 Å². The van der Waals surface area contributed by atoms with E-state index < -0.39 is 10.0 Å². The Kier molecular flexibility index (Phi) is 6.68. The smallest absolute Gasteiger partial charge is 0.293 e. The fourth-order valence-corrected chi connectivity index (χ4v) is 3.29. The second kappa shape index (κ2) is 7.66. The third-order valence-corrected chi connectivity index (χ3v) is 4.58. The van der Waals surface area contributed by atoms with E-state index in [9.17, 15) is 0 Å². The predicted molar refractivity (Wildman–Crippen MR) is 55.2 cm³/mol. The summed E-state index contributed by atoms with van der Waals surface area (Å²) in [7, 11) is 0.782. The molecular weight excluding hydrogens is 204 g/mol. The van der Waals surface area contributed by atoms with Gasteiger partial charge in [-0.05, 0) is 12.5 Å². The zero-order valence-corrected chi connectivity index (χ0v) is 11.0. The van der Waals surface area contributed by atoms with E-state index >= 15 is 0 Å². The highest BCUT2D eigenvalue weighted by molar-refractivity contribution is 6.39. The molecule has 0 aliphatic carbocycles. The van der Waals surface area contributed by atoms with Crippen LogP contribution in [-0.2, 0) is 18.0 Å². The van der Waals surface area contributed by atoms with Crippen LogP contribution in [-0.4, -0.2) is 52.8 Å². The molecule has 0 saturated carbocycles. The van der Waals surface area contributed by atoms with E-state index in [0.717, 1.165) is 26.2 Å². The van der Waals surface area contributed by atoms with E-state index in [-0.39, 0.29) is 9.76 Å². The molecule has 0 aromatic rings. The highest BCUT2D eigenvalue weighted by atomic mass is 28.3. The van der Waals surface area contributed by atoms with Gasteiger partial charge in [-0.2, -0.15) is 0 Å². The summed E-state index contributed by atoms with van der Waals surface area (Å²) in [6, 6.07) is 1.20. The lowest BCUT2D eigenvalue weighted by Crippen LogP contribution is -2.07. The molecule has 4 nitrogen and oxygen atoms in total. The van der Waals surface area contributed by atoms with Crippen LogP contribution in [0.25, 0.3) is 0 Å². The molecule has 0 aromatic carbocycles. The molecule has 1 rings (SSSR count). The van der Waals surface area contributed by atoms with Gasteiger partial charge < -0.3 is 18.0 Å². The van der Waals surface area contributed by atoms with Crippen molar-refractivity contribution >= 4 is 19.8 Å². The molecule has 1 saturated heterocycles. The van der Waals surface area contributed by atoms with Crippen LogP contribution in [0.2, 0.25) is 6.04 Å². The Morgan fingerprint density at radius 1 is 1.54 bits per heavy atom. The van der Waals surface area contributed by atoms with E-state index in [2.05, 4.69) is 0 Å². The van der Waals surface area contributed by atoms with Gasteiger partial charge in [-0.1, -0.05) is 0 Å². The van der Waals surface area contributed by atoms with Crippen molar-refractivity contribution in [1.29, 1.82) is 0 Å². The predicted octanol–water partition coefficient (Wildman–Crippen LogP) is -1.04. The molecule has 0 bridgehead atoms. The van der Waals surface area contributed by atoms with Crippen molar-refractivity contribution in [3.05, 3.63) is 0 Å². The number of ether oxygens (including phenoxy) is 2. The van der Waals surface area contributed by atoms with Crippen LogP contribution in [0.15, 0.2) is 0 Å². The molecule has 1 aliphatic rings. The normalized spacial score (nSPS) is 22.4. The first kappa shape index (κ1) is 11.3. The average Bonchev–Trinajstić information content (AvgIpc) is 2.93. The quantitative estimate of drug-likeness (QED) is 0.284. The summed E-state index contributed by atoms with van der Waals surface area (Å²) in [6.45, 7) is 2.51. The molecular formula is C7H18O4Si2. The Bertz CT molecular complexity index is 121. The van der Waals surface area contributed by atoms with Gasteiger partial charge in [-0.25, -0.2) is 0 Å². The average molecular weight is 222 g/mol. The van der Waals surface area contributed by atoms with Gasteiger partial charge in [0, 0.05) is 13.7 Å². The van der Waals surface area contributed by atoms with E-state index in [1.165, 1.54) is 6.04 Å². The molecule has 1 unspecified atom stereocenters. The second-order valence-electron chi connectivity index (χ2n) is 3.05. The first-order valence-electron chi connectivity index (χ1n) is 4.69. The molecule has 13 heavy (non-hydrogen) atoms. The maximum atomic E-state index is 5.40. The van der Waals surface area contributed by atoms with Crippen molar-refractivity contribution in [3.8, 4) is 0 Å². The monoisotopic (exact) mass is 222 g/mol. The molecule has 78 valence electrons. The number of epoxide rings is 1. The van der Waals surface area contributed by atoms with Gasteiger partial charge in [0.25, 0.3) is 10.0 Å². The summed E-state index contributed by atoms with van der Waals surface area (Å²) >= 11 is 0.